The van der Waals surface area contributed by atoms with E-state index in [2.05, 4.69) is 34.5 Å². The van der Waals surface area contributed by atoms with E-state index in [0.29, 0.717) is 10.1 Å². The predicted octanol–water partition coefficient (Wildman–Crippen LogP) is 6.35. The van der Waals surface area contributed by atoms with Gasteiger partial charge < -0.3 is 14.3 Å². The molecule has 1 fully saturated rings. The predicted molar refractivity (Wildman–Crippen MR) is 150 cm³/mol. The van der Waals surface area contributed by atoms with Gasteiger partial charge in [0, 0.05) is 11.3 Å². The molecule has 8 nitrogen and oxygen atoms in total. The Morgan fingerprint density at radius 2 is 1.93 bits per heavy atom. The van der Waals surface area contributed by atoms with Crippen LogP contribution in [0.1, 0.15) is 22.9 Å². The zero-order valence-corrected chi connectivity index (χ0v) is 22.5. The van der Waals surface area contributed by atoms with E-state index < -0.39 is 29.3 Å². The normalized spacial score (nSPS) is 16.6. The number of Topliss-reactive ketones (excluding diaryl/α,β-unsaturated/α-hetero) is 1. The van der Waals surface area contributed by atoms with Crippen molar-refractivity contribution in [2.75, 3.05) is 12.0 Å². The Bertz CT molecular complexity index is 1780. The molecule has 1 amide bonds. The third-order valence-electron chi connectivity index (χ3n) is 6.52. The number of anilines is 1. The molecule has 1 saturated heterocycles. The summed E-state index contributed by atoms with van der Waals surface area (Å²) in [5, 5.41) is 22.0. The number of carbonyl (C=O) groups excluding carboxylic acids is 2. The molecular weight excluding hydrogens is 553 g/mol. The average molecular weight is 574 g/mol. The Kier molecular flexibility index (Phi) is 6.82. The number of nitrogens with zero attached hydrogens (tertiary/aromatic N) is 3. The molecule has 0 bridgehead atoms. The van der Waals surface area contributed by atoms with Crippen molar-refractivity contribution in [3.8, 4) is 5.75 Å². The van der Waals surface area contributed by atoms with Crippen LogP contribution < -0.4 is 9.64 Å². The number of halogens is 1. The summed E-state index contributed by atoms with van der Waals surface area (Å²) in [5.74, 6) is -2.29. The van der Waals surface area contributed by atoms with E-state index in [9.17, 15) is 19.1 Å². The van der Waals surface area contributed by atoms with Gasteiger partial charge in [-0.3, -0.25) is 14.5 Å². The summed E-state index contributed by atoms with van der Waals surface area (Å²) in [6.07, 6.45) is 1.40. The third kappa shape index (κ3) is 4.52. The van der Waals surface area contributed by atoms with E-state index in [1.807, 2.05) is 18.2 Å². The van der Waals surface area contributed by atoms with Crippen molar-refractivity contribution in [1.82, 2.24) is 10.2 Å². The molecule has 1 atom stereocenters. The minimum atomic E-state index is -1.12. The maximum absolute atomic E-state index is 14.4. The standard InChI is InChI=1S/C29H20FN3O5S2/c1-37-21-12-11-17(14-20(21)30)25(34)23-24(22-10-5-13-38-22)33(27(36)26(23)35)28-31-32-29(40-28)39-15-18-8-4-7-16-6-2-3-9-19(16)18/h2-14,24,34H,15H2,1H3/t24-/m1/s1. The van der Waals surface area contributed by atoms with E-state index in [1.54, 1.807) is 12.1 Å². The molecule has 0 spiro atoms. The van der Waals surface area contributed by atoms with Crippen molar-refractivity contribution in [2.24, 2.45) is 0 Å². The lowest BCUT2D eigenvalue weighted by molar-refractivity contribution is -0.132. The quantitative estimate of drug-likeness (QED) is 0.0790. The topological polar surface area (TPSA) is 106 Å². The summed E-state index contributed by atoms with van der Waals surface area (Å²) in [5.41, 5.74) is 0.892. The summed E-state index contributed by atoms with van der Waals surface area (Å²) in [6, 6.07) is 20.0. The Morgan fingerprint density at radius 1 is 1.10 bits per heavy atom. The van der Waals surface area contributed by atoms with Gasteiger partial charge >= 0.3 is 5.91 Å². The van der Waals surface area contributed by atoms with Gasteiger partial charge in [0.05, 0.1) is 18.9 Å². The van der Waals surface area contributed by atoms with Crippen LogP contribution in [0.4, 0.5) is 9.52 Å². The Labute approximate surface area is 235 Å². The molecule has 2 aromatic heterocycles. The fourth-order valence-electron chi connectivity index (χ4n) is 4.63. The molecule has 0 aliphatic carbocycles. The molecular formula is C29H20FN3O5S2. The number of thioether (sulfide) groups is 1. The van der Waals surface area contributed by atoms with E-state index in [0.717, 1.165) is 38.6 Å². The summed E-state index contributed by atoms with van der Waals surface area (Å²) in [4.78, 5) is 27.7. The zero-order chi connectivity index (χ0) is 27.8. The van der Waals surface area contributed by atoms with E-state index in [-0.39, 0.29) is 27.8 Å². The number of carbonyl (C=O) groups is 2. The molecule has 1 aliphatic rings. The fraction of sp³-hybridized carbons (Fsp3) is 0.103. The molecule has 0 unspecified atom stereocenters. The number of aliphatic hydroxyl groups excluding tert-OH is 1. The van der Waals surface area contributed by atoms with Crippen LogP contribution in [0.25, 0.3) is 16.5 Å². The number of furan rings is 1. The summed E-state index contributed by atoms with van der Waals surface area (Å²) >= 11 is 2.61. The van der Waals surface area contributed by atoms with Crippen molar-refractivity contribution in [1.29, 1.82) is 0 Å². The van der Waals surface area contributed by atoms with Gasteiger partial charge in [0.1, 0.15) is 17.6 Å². The second-order valence-corrected chi connectivity index (χ2v) is 11.0. The summed E-state index contributed by atoms with van der Waals surface area (Å²) in [7, 11) is 1.32. The first-order valence-corrected chi connectivity index (χ1v) is 13.9. The van der Waals surface area contributed by atoms with Crippen molar-refractivity contribution in [2.45, 2.75) is 16.1 Å². The fourth-order valence-corrected chi connectivity index (χ4v) is 6.50. The second-order valence-electron chi connectivity index (χ2n) is 8.81. The molecule has 0 radical (unpaired) electrons. The van der Waals surface area contributed by atoms with Gasteiger partial charge in [-0.15, -0.1) is 10.2 Å². The first kappa shape index (κ1) is 25.8. The average Bonchev–Trinajstić information content (AvgIpc) is 3.72. The molecule has 1 aliphatic heterocycles. The molecule has 40 heavy (non-hydrogen) atoms. The number of rotatable bonds is 7. The molecule has 5 aromatic rings. The minimum Gasteiger partial charge on any atom is -0.507 e. The van der Waals surface area contributed by atoms with Gasteiger partial charge in [0.2, 0.25) is 5.13 Å². The number of aromatic nitrogens is 2. The maximum atomic E-state index is 14.4. The van der Waals surface area contributed by atoms with Gasteiger partial charge in [-0.2, -0.15) is 0 Å². The van der Waals surface area contributed by atoms with E-state index in [1.165, 1.54) is 37.3 Å². The van der Waals surface area contributed by atoms with Gasteiger partial charge in [-0.25, -0.2) is 4.39 Å². The van der Waals surface area contributed by atoms with Crippen LogP contribution in [0.15, 0.2) is 93.4 Å². The van der Waals surface area contributed by atoms with Gasteiger partial charge in [0.25, 0.3) is 5.78 Å². The number of benzene rings is 3. The number of aliphatic hydroxyl groups is 1. The Hall–Kier alpha value is -4.48. The minimum absolute atomic E-state index is 0.0106. The van der Waals surface area contributed by atoms with E-state index >= 15 is 0 Å². The van der Waals surface area contributed by atoms with Crippen LogP contribution in [0.3, 0.4) is 0 Å². The lowest BCUT2D eigenvalue weighted by Crippen LogP contribution is -2.29. The molecule has 3 heterocycles. The van der Waals surface area contributed by atoms with Crippen molar-refractivity contribution in [3.63, 3.8) is 0 Å². The van der Waals surface area contributed by atoms with Gasteiger partial charge in [0.15, 0.2) is 15.9 Å². The molecule has 1 N–H and O–H groups in total. The zero-order valence-electron chi connectivity index (χ0n) is 20.9. The Morgan fingerprint density at radius 3 is 2.70 bits per heavy atom. The number of amides is 1. The van der Waals surface area contributed by atoms with E-state index in [4.69, 9.17) is 9.15 Å². The highest BCUT2D eigenvalue weighted by molar-refractivity contribution is 8.00. The molecule has 200 valence electrons. The van der Waals surface area contributed by atoms with Gasteiger partial charge in [-0.1, -0.05) is 65.6 Å². The number of ketones is 1. The molecule has 0 saturated carbocycles. The largest absolute Gasteiger partial charge is 0.507 e. The van der Waals surface area contributed by atoms with Crippen molar-refractivity contribution in [3.05, 3.63) is 107 Å². The van der Waals surface area contributed by atoms with Crippen LogP contribution in [0.2, 0.25) is 0 Å². The smallest absolute Gasteiger partial charge is 0.302 e. The molecule has 11 heteroatoms. The summed E-state index contributed by atoms with van der Waals surface area (Å²) in [6.45, 7) is 0. The number of fused-ring (bicyclic) bond motifs is 1. The first-order chi connectivity index (χ1) is 19.5. The second kappa shape index (κ2) is 10.6. The highest BCUT2D eigenvalue weighted by Crippen LogP contribution is 2.44. The number of methoxy groups -OCH3 is 1. The lowest BCUT2D eigenvalue weighted by Gasteiger charge is -2.20. The highest BCUT2D eigenvalue weighted by Gasteiger charge is 2.49. The van der Waals surface area contributed by atoms with Gasteiger partial charge in [-0.05, 0) is 46.7 Å². The van der Waals surface area contributed by atoms with Crippen LogP contribution >= 0.6 is 23.1 Å². The van der Waals surface area contributed by atoms with Crippen LogP contribution in [0.5, 0.6) is 5.75 Å². The van der Waals surface area contributed by atoms with Crippen LogP contribution in [-0.4, -0.2) is 34.1 Å². The van der Waals surface area contributed by atoms with Crippen molar-refractivity contribution >= 4 is 56.5 Å². The van der Waals surface area contributed by atoms with Crippen LogP contribution in [0, 0.1) is 5.82 Å². The summed E-state index contributed by atoms with van der Waals surface area (Å²) < 4.78 is 25.5. The SMILES string of the molecule is COc1ccc(C(O)=C2C(=O)C(=O)N(c3nnc(SCc4cccc5ccccc45)s3)[C@@H]2c2ccco2)cc1F. The molecule has 6 rings (SSSR count). The number of ether oxygens (including phenoxy) is 1. The first-order valence-electron chi connectivity index (χ1n) is 12.1. The Balaban J connectivity index is 1.34. The number of hydrogen-bond acceptors (Lipinski definition) is 9. The number of hydrogen-bond donors (Lipinski definition) is 1. The maximum Gasteiger partial charge on any atom is 0.302 e. The third-order valence-corrected chi connectivity index (χ3v) is 8.62. The molecule has 3 aromatic carbocycles. The van der Waals surface area contributed by atoms with Crippen molar-refractivity contribution < 1.29 is 28.2 Å². The highest BCUT2D eigenvalue weighted by atomic mass is 32.2. The van der Waals surface area contributed by atoms with Crippen LogP contribution in [-0.2, 0) is 15.3 Å². The lowest BCUT2D eigenvalue weighted by atomic mass is 9.99. The monoisotopic (exact) mass is 573 g/mol.